The summed E-state index contributed by atoms with van der Waals surface area (Å²) in [7, 11) is 0. The summed E-state index contributed by atoms with van der Waals surface area (Å²) in [4.78, 5) is 5.06. The fourth-order valence-corrected chi connectivity index (χ4v) is 4.59. The van der Waals surface area contributed by atoms with Gasteiger partial charge in [-0.05, 0) is 78.5 Å². The fourth-order valence-electron chi connectivity index (χ4n) is 4.59. The Morgan fingerprint density at radius 1 is 1.00 bits per heavy atom. The van der Waals surface area contributed by atoms with Gasteiger partial charge in [-0.3, -0.25) is 0 Å². The van der Waals surface area contributed by atoms with E-state index in [1.165, 1.54) is 40.4 Å². The lowest BCUT2D eigenvalue weighted by Gasteiger charge is -2.43. The molecule has 1 saturated carbocycles. The molecule has 1 aromatic heterocycles. The van der Waals surface area contributed by atoms with Crippen molar-refractivity contribution in [2.75, 3.05) is 5.73 Å². The minimum Gasteiger partial charge on any atom is -0.398 e. The van der Waals surface area contributed by atoms with E-state index in [2.05, 4.69) is 58.0 Å². The van der Waals surface area contributed by atoms with Crippen LogP contribution in [0.1, 0.15) is 60.6 Å². The van der Waals surface area contributed by atoms with Crippen LogP contribution in [0.25, 0.3) is 23.1 Å². The molecule has 0 amide bonds. The van der Waals surface area contributed by atoms with Crippen LogP contribution in [0.2, 0.25) is 0 Å². The molecule has 0 radical (unpaired) electrons. The first-order valence-electron chi connectivity index (χ1n) is 9.77. The van der Waals surface area contributed by atoms with E-state index in [9.17, 15) is 0 Å². The molecule has 0 unspecified atom stereocenters. The molecule has 0 saturated heterocycles. The molecular weight excluding hydrogens is 328 g/mol. The van der Waals surface area contributed by atoms with E-state index >= 15 is 0 Å². The lowest BCUT2D eigenvalue weighted by atomic mass is 9.61. The summed E-state index contributed by atoms with van der Waals surface area (Å²) >= 11 is 0. The molecular formula is C25H28N2. The summed E-state index contributed by atoms with van der Waals surface area (Å²) in [6.45, 7) is 9.15. The van der Waals surface area contributed by atoms with Crippen LogP contribution in [0.15, 0.2) is 42.5 Å². The molecule has 27 heavy (non-hydrogen) atoms. The number of nitrogen functional groups attached to an aromatic ring is 1. The third kappa shape index (κ3) is 3.37. The van der Waals surface area contributed by atoms with E-state index in [0.29, 0.717) is 11.3 Å². The minimum absolute atomic E-state index is 0.455. The van der Waals surface area contributed by atoms with Crippen molar-refractivity contribution in [1.29, 1.82) is 0 Å². The number of para-hydroxylation sites is 1. The smallest absolute Gasteiger partial charge is 0.0749 e. The van der Waals surface area contributed by atoms with Crippen molar-refractivity contribution in [3.05, 3.63) is 70.4 Å². The molecule has 2 nitrogen and oxygen atoms in total. The Balaban J connectivity index is 1.78. The van der Waals surface area contributed by atoms with Gasteiger partial charge in [0.2, 0.25) is 0 Å². The zero-order valence-corrected chi connectivity index (χ0v) is 16.7. The molecule has 3 aromatic rings. The molecule has 1 heterocycles. The van der Waals surface area contributed by atoms with Gasteiger partial charge in [0.15, 0.2) is 0 Å². The topological polar surface area (TPSA) is 38.9 Å². The van der Waals surface area contributed by atoms with Gasteiger partial charge in [-0.1, -0.05) is 50.3 Å². The highest BCUT2D eigenvalue weighted by molar-refractivity contribution is 5.88. The first kappa shape index (κ1) is 17.8. The summed E-state index contributed by atoms with van der Waals surface area (Å²) < 4.78 is 0. The van der Waals surface area contributed by atoms with E-state index in [1.807, 2.05) is 24.3 Å². The zero-order chi connectivity index (χ0) is 19.2. The molecule has 2 aromatic carbocycles. The minimum atomic E-state index is 0.455. The number of aryl methyl sites for hydroxylation is 2. The number of benzene rings is 2. The summed E-state index contributed by atoms with van der Waals surface area (Å²) in [5.74, 6) is 0.625. The van der Waals surface area contributed by atoms with Gasteiger partial charge >= 0.3 is 0 Å². The van der Waals surface area contributed by atoms with Crippen LogP contribution < -0.4 is 5.73 Å². The SMILES string of the molecule is Cc1cc(C)c2ccc(C=Cc3ccccc3N)nc2c1C1CC(C)(C)C1. The Morgan fingerprint density at radius 2 is 1.74 bits per heavy atom. The number of nitrogens with two attached hydrogens (primary N) is 1. The van der Waals surface area contributed by atoms with E-state index in [0.717, 1.165) is 16.9 Å². The third-order valence-electron chi connectivity index (χ3n) is 5.89. The maximum absolute atomic E-state index is 6.06. The number of aromatic nitrogens is 1. The molecule has 0 atom stereocenters. The van der Waals surface area contributed by atoms with Crippen LogP contribution in [0.4, 0.5) is 5.69 Å². The Bertz CT molecular complexity index is 1040. The first-order valence-corrected chi connectivity index (χ1v) is 9.77. The predicted molar refractivity (Wildman–Crippen MR) is 117 cm³/mol. The highest BCUT2D eigenvalue weighted by Crippen LogP contribution is 2.52. The molecule has 1 aliphatic rings. The second-order valence-electron chi connectivity index (χ2n) is 8.79. The zero-order valence-electron chi connectivity index (χ0n) is 16.7. The van der Waals surface area contributed by atoms with Crippen molar-refractivity contribution < 1.29 is 0 Å². The summed E-state index contributed by atoms with van der Waals surface area (Å²) in [5.41, 5.74) is 14.6. The number of nitrogens with zero attached hydrogens (tertiary/aromatic N) is 1. The molecule has 0 aliphatic heterocycles. The Kier molecular flexibility index (Phi) is 4.30. The number of fused-ring (bicyclic) bond motifs is 1. The summed E-state index contributed by atoms with van der Waals surface area (Å²) in [6, 6.07) is 14.6. The van der Waals surface area contributed by atoms with E-state index in [4.69, 9.17) is 10.7 Å². The number of hydrogen-bond donors (Lipinski definition) is 1. The predicted octanol–water partition coefficient (Wildman–Crippen LogP) is 6.51. The molecule has 0 spiro atoms. The van der Waals surface area contributed by atoms with Gasteiger partial charge in [-0.15, -0.1) is 0 Å². The van der Waals surface area contributed by atoms with Crippen LogP contribution in [0, 0.1) is 19.3 Å². The average molecular weight is 357 g/mol. The number of rotatable bonds is 3. The van der Waals surface area contributed by atoms with Gasteiger partial charge in [0, 0.05) is 11.1 Å². The fraction of sp³-hybridized carbons (Fsp3) is 0.320. The van der Waals surface area contributed by atoms with Gasteiger partial charge in [-0.2, -0.15) is 0 Å². The second-order valence-corrected chi connectivity index (χ2v) is 8.79. The van der Waals surface area contributed by atoms with Crippen molar-refractivity contribution in [3.8, 4) is 0 Å². The van der Waals surface area contributed by atoms with Crippen LogP contribution >= 0.6 is 0 Å². The van der Waals surface area contributed by atoms with Crippen molar-refractivity contribution in [2.24, 2.45) is 5.41 Å². The summed E-state index contributed by atoms with van der Waals surface area (Å²) in [5, 5.41) is 1.27. The highest BCUT2D eigenvalue weighted by Gasteiger charge is 2.38. The van der Waals surface area contributed by atoms with Gasteiger partial charge in [0.05, 0.1) is 11.2 Å². The van der Waals surface area contributed by atoms with Crippen molar-refractivity contribution in [3.63, 3.8) is 0 Å². The van der Waals surface area contributed by atoms with Crippen LogP contribution in [-0.2, 0) is 0 Å². The van der Waals surface area contributed by atoms with Gasteiger partial charge < -0.3 is 5.73 Å². The molecule has 2 N–H and O–H groups in total. The molecule has 1 aliphatic carbocycles. The van der Waals surface area contributed by atoms with Crippen molar-refractivity contribution in [2.45, 2.75) is 46.5 Å². The highest BCUT2D eigenvalue weighted by atomic mass is 14.7. The quantitative estimate of drug-likeness (QED) is 0.543. The van der Waals surface area contributed by atoms with Crippen LogP contribution in [0.3, 0.4) is 0 Å². The van der Waals surface area contributed by atoms with Crippen LogP contribution in [0.5, 0.6) is 0 Å². The van der Waals surface area contributed by atoms with Crippen LogP contribution in [-0.4, -0.2) is 4.98 Å². The second kappa shape index (κ2) is 6.53. The Morgan fingerprint density at radius 3 is 2.44 bits per heavy atom. The van der Waals surface area contributed by atoms with Crippen molar-refractivity contribution >= 4 is 28.7 Å². The van der Waals surface area contributed by atoms with E-state index < -0.39 is 0 Å². The van der Waals surface area contributed by atoms with Gasteiger partial charge in [-0.25, -0.2) is 4.98 Å². The number of hydrogen-bond acceptors (Lipinski definition) is 2. The number of pyridine rings is 1. The Labute approximate surface area is 162 Å². The maximum atomic E-state index is 6.06. The standard InChI is InChI=1S/C25H28N2/c1-16-13-17(2)23(19-14-25(3,4)15-19)24-21(16)12-11-20(27-24)10-9-18-7-5-6-8-22(18)26/h5-13,19H,14-15,26H2,1-4H3. The largest absolute Gasteiger partial charge is 0.398 e. The van der Waals surface area contributed by atoms with E-state index in [-0.39, 0.29) is 0 Å². The average Bonchev–Trinajstić information content (AvgIpc) is 2.59. The van der Waals surface area contributed by atoms with Crippen molar-refractivity contribution in [1.82, 2.24) is 4.98 Å². The lowest BCUT2D eigenvalue weighted by molar-refractivity contribution is 0.152. The Hall–Kier alpha value is -2.61. The molecule has 0 bridgehead atoms. The summed E-state index contributed by atoms with van der Waals surface area (Å²) in [6.07, 6.45) is 6.61. The first-order chi connectivity index (χ1) is 12.8. The number of anilines is 1. The molecule has 2 heteroatoms. The third-order valence-corrected chi connectivity index (χ3v) is 5.89. The molecule has 1 fully saturated rings. The lowest BCUT2D eigenvalue weighted by Crippen LogP contribution is -2.30. The molecule has 138 valence electrons. The molecule has 4 rings (SSSR count). The van der Waals surface area contributed by atoms with E-state index in [1.54, 1.807) is 0 Å². The van der Waals surface area contributed by atoms with Gasteiger partial charge in [0.25, 0.3) is 0 Å². The monoisotopic (exact) mass is 356 g/mol. The maximum Gasteiger partial charge on any atom is 0.0749 e. The normalized spacial score (nSPS) is 16.7. The van der Waals surface area contributed by atoms with Gasteiger partial charge in [0.1, 0.15) is 0 Å².